The maximum Gasteiger partial charge on any atom is 0.338 e. The summed E-state index contributed by atoms with van der Waals surface area (Å²) in [7, 11) is 1.58. The number of unbranched alkanes of at least 4 members (excludes halogenated alkanes) is 1. The number of hydrogen-bond donors (Lipinski definition) is 2. The minimum atomic E-state index is -0.368. The molecule has 0 spiro atoms. The van der Waals surface area contributed by atoms with Crippen molar-refractivity contribution in [2.45, 2.75) is 43.3 Å². The number of esters is 1. The van der Waals surface area contributed by atoms with Crippen LogP contribution in [0.3, 0.4) is 0 Å². The van der Waals surface area contributed by atoms with Gasteiger partial charge in [-0.1, -0.05) is 26.3 Å². The van der Waals surface area contributed by atoms with Crippen molar-refractivity contribution in [2.75, 3.05) is 24.4 Å². The summed E-state index contributed by atoms with van der Waals surface area (Å²) in [5.74, 6) is -0.0577. The molecule has 0 fully saturated rings. The molecule has 0 heterocycles. The molecule has 2 amide bonds. The normalized spacial score (nSPS) is 11.3. The Morgan fingerprint density at radius 2 is 1.57 bits per heavy atom. The summed E-state index contributed by atoms with van der Waals surface area (Å²) in [6, 6.07) is 21.0. The van der Waals surface area contributed by atoms with Crippen molar-refractivity contribution < 1.29 is 23.9 Å². The molecule has 7 nitrogen and oxygen atoms in total. The van der Waals surface area contributed by atoms with Crippen LogP contribution in [-0.4, -0.2) is 36.8 Å². The number of amides is 2. The van der Waals surface area contributed by atoms with Gasteiger partial charge in [0, 0.05) is 21.8 Å². The first kappa shape index (κ1) is 27.8. The van der Waals surface area contributed by atoms with Crippen LogP contribution in [0.15, 0.2) is 77.7 Å². The highest BCUT2D eigenvalue weighted by Gasteiger charge is 2.19. The van der Waals surface area contributed by atoms with E-state index in [2.05, 4.69) is 10.6 Å². The number of carbonyl (C=O) groups excluding carboxylic acids is 3. The number of benzene rings is 3. The molecule has 2 N–H and O–H groups in total. The van der Waals surface area contributed by atoms with Crippen molar-refractivity contribution >= 4 is 40.9 Å². The van der Waals surface area contributed by atoms with E-state index in [1.54, 1.807) is 61.7 Å². The second-order valence-electron chi connectivity index (χ2n) is 8.28. The first-order chi connectivity index (χ1) is 17.9. The molecule has 0 aliphatic carbocycles. The van der Waals surface area contributed by atoms with Gasteiger partial charge < -0.3 is 20.1 Å². The maximum absolute atomic E-state index is 12.9. The van der Waals surface area contributed by atoms with Gasteiger partial charge in [0.05, 0.1) is 24.5 Å². The summed E-state index contributed by atoms with van der Waals surface area (Å²) in [5, 5.41) is 5.47. The highest BCUT2D eigenvalue weighted by atomic mass is 32.2. The van der Waals surface area contributed by atoms with E-state index in [4.69, 9.17) is 9.47 Å². The van der Waals surface area contributed by atoms with Gasteiger partial charge in [-0.25, -0.2) is 4.79 Å². The first-order valence-corrected chi connectivity index (χ1v) is 13.1. The number of methoxy groups -OCH3 is 1. The molecule has 1 atom stereocenters. The Balaban J connectivity index is 1.58. The molecule has 0 saturated carbocycles. The Kier molecular flexibility index (Phi) is 10.6. The monoisotopic (exact) mass is 520 g/mol. The minimum absolute atomic E-state index is 0.140. The molecule has 0 aliphatic rings. The van der Waals surface area contributed by atoms with E-state index >= 15 is 0 Å². The van der Waals surface area contributed by atoms with Crippen molar-refractivity contribution in [3.05, 3.63) is 83.9 Å². The Morgan fingerprint density at radius 3 is 2.22 bits per heavy atom. The van der Waals surface area contributed by atoms with Gasteiger partial charge in [-0.3, -0.25) is 9.59 Å². The van der Waals surface area contributed by atoms with Crippen LogP contribution in [0.5, 0.6) is 5.75 Å². The summed E-state index contributed by atoms with van der Waals surface area (Å²) >= 11 is 1.42. The quantitative estimate of drug-likeness (QED) is 0.163. The van der Waals surface area contributed by atoms with Gasteiger partial charge in [-0.2, -0.15) is 0 Å². The number of ether oxygens (including phenoxy) is 2. The number of anilines is 2. The lowest BCUT2D eigenvalue weighted by Crippen LogP contribution is -2.24. The van der Waals surface area contributed by atoms with Crippen LogP contribution < -0.4 is 15.4 Å². The first-order valence-electron chi connectivity index (χ1n) is 12.2. The van der Waals surface area contributed by atoms with Crippen molar-refractivity contribution in [3.8, 4) is 5.75 Å². The topological polar surface area (TPSA) is 93.7 Å². The van der Waals surface area contributed by atoms with Gasteiger partial charge in [-0.15, -0.1) is 11.8 Å². The molecule has 0 radical (unpaired) electrons. The number of thioether (sulfide) groups is 1. The van der Waals surface area contributed by atoms with Crippen LogP contribution >= 0.6 is 11.8 Å². The van der Waals surface area contributed by atoms with Crippen molar-refractivity contribution in [3.63, 3.8) is 0 Å². The molecular weight excluding hydrogens is 488 g/mol. The van der Waals surface area contributed by atoms with Gasteiger partial charge in [0.15, 0.2) is 0 Å². The summed E-state index contributed by atoms with van der Waals surface area (Å²) < 4.78 is 10.4. The zero-order valence-electron chi connectivity index (χ0n) is 21.3. The molecule has 37 heavy (non-hydrogen) atoms. The van der Waals surface area contributed by atoms with Gasteiger partial charge in [0.1, 0.15) is 5.75 Å². The third kappa shape index (κ3) is 8.39. The SMILES string of the molecule is CCCCOC(=O)c1ccc(NC(=O)C(CC)Sc2cccc(NC(=O)c3ccc(OC)cc3)c2)cc1. The zero-order chi connectivity index (χ0) is 26.6. The van der Waals surface area contributed by atoms with Crippen LogP contribution in [0.25, 0.3) is 0 Å². The van der Waals surface area contributed by atoms with Crippen LogP contribution in [0.1, 0.15) is 53.8 Å². The molecule has 8 heteroatoms. The number of carbonyl (C=O) groups is 3. The van der Waals surface area contributed by atoms with Crippen LogP contribution in [0.2, 0.25) is 0 Å². The number of nitrogens with one attached hydrogen (secondary N) is 2. The molecule has 3 aromatic rings. The Bertz CT molecular complexity index is 1200. The maximum atomic E-state index is 12.9. The lowest BCUT2D eigenvalue weighted by atomic mass is 10.2. The summed E-state index contributed by atoms with van der Waals surface area (Å²) in [6.07, 6.45) is 2.39. The number of hydrogen-bond acceptors (Lipinski definition) is 6. The van der Waals surface area contributed by atoms with E-state index < -0.39 is 0 Å². The molecule has 3 aromatic carbocycles. The van der Waals surface area contributed by atoms with Gasteiger partial charge in [0.25, 0.3) is 5.91 Å². The van der Waals surface area contributed by atoms with Crippen LogP contribution in [0, 0.1) is 0 Å². The van der Waals surface area contributed by atoms with E-state index in [1.165, 1.54) is 11.8 Å². The van der Waals surface area contributed by atoms with Crippen LogP contribution in [-0.2, 0) is 9.53 Å². The average molecular weight is 521 g/mol. The standard InChI is InChI=1S/C29H32N2O5S/c1-4-6-18-36-29(34)21-10-14-22(15-11-21)30-28(33)26(5-2)37-25-9-7-8-23(19-25)31-27(32)20-12-16-24(35-3)17-13-20/h7-17,19,26H,4-6,18H2,1-3H3,(H,30,33)(H,31,32). The third-order valence-corrected chi connectivity index (χ3v) is 6.86. The fourth-order valence-electron chi connectivity index (χ4n) is 3.38. The van der Waals surface area contributed by atoms with Crippen molar-refractivity contribution in [1.29, 1.82) is 0 Å². The highest BCUT2D eigenvalue weighted by molar-refractivity contribution is 8.00. The molecule has 1 unspecified atom stereocenters. The average Bonchev–Trinajstić information content (AvgIpc) is 2.92. The fourth-order valence-corrected chi connectivity index (χ4v) is 4.40. The second-order valence-corrected chi connectivity index (χ2v) is 9.56. The molecule has 0 aromatic heterocycles. The number of rotatable bonds is 12. The third-order valence-electron chi connectivity index (χ3n) is 5.50. The van der Waals surface area contributed by atoms with Crippen molar-refractivity contribution in [2.24, 2.45) is 0 Å². The Hall–Kier alpha value is -3.78. The largest absolute Gasteiger partial charge is 0.497 e. The highest BCUT2D eigenvalue weighted by Crippen LogP contribution is 2.29. The molecular formula is C29H32N2O5S. The zero-order valence-corrected chi connectivity index (χ0v) is 22.1. The Morgan fingerprint density at radius 1 is 0.865 bits per heavy atom. The fraction of sp³-hybridized carbons (Fsp3) is 0.276. The molecule has 0 bridgehead atoms. The van der Waals surface area contributed by atoms with Gasteiger partial charge in [-0.05, 0) is 79.6 Å². The summed E-state index contributed by atoms with van der Waals surface area (Å²) in [4.78, 5) is 38.5. The van der Waals surface area contributed by atoms with Gasteiger partial charge in [0.2, 0.25) is 5.91 Å². The van der Waals surface area contributed by atoms with Crippen LogP contribution in [0.4, 0.5) is 11.4 Å². The summed E-state index contributed by atoms with van der Waals surface area (Å²) in [5.41, 5.74) is 2.21. The smallest absolute Gasteiger partial charge is 0.338 e. The lowest BCUT2D eigenvalue weighted by molar-refractivity contribution is -0.115. The molecule has 3 rings (SSSR count). The predicted octanol–water partition coefficient (Wildman–Crippen LogP) is 6.41. The summed E-state index contributed by atoms with van der Waals surface area (Å²) in [6.45, 7) is 4.38. The Labute approximate surface area is 221 Å². The van der Waals surface area contributed by atoms with E-state index in [0.29, 0.717) is 41.3 Å². The van der Waals surface area contributed by atoms with E-state index in [0.717, 1.165) is 17.7 Å². The molecule has 194 valence electrons. The molecule has 0 saturated heterocycles. The van der Waals surface area contributed by atoms with E-state index in [9.17, 15) is 14.4 Å². The second kappa shape index (κ2) is 14.1. The van der Waals surface area contributed by atoms with E-state index in [1.807, 2.05) is 32.0 Å². The van der Waals surface area contributed by atoms with Crippen molar-refractivity contribution in [1.82, 2.24) is 0 Å². The lowest BCUT2D eigenvalue weighted by Gasteiger charge is -2.16. The predicted molar refractivity (Wildman–Crippen MR) is 148 cm³/mol. The molecule has 0 aliphatic heterocycles. The van der Waals surface area contributed by atoms with E-state index in [-0.39, 0.29) is 23.0 Å². The minimum Gasteiger partial charge on any atom is -0.497 e. The van der Waals surface area contributed by atoms with Gasteiger partial charge >= 0.3 is 5.97 Å².